The number of benzene rings is 2. The van der Waals surface area contributed by atoms with Crippen LogP contribution in [0.25, 0.3) is 5.69 Å². The van der Waals surface area contributed by atoms with Crippen molar-refractivity contribution in [2.75, 3.05) is 5.32 Å². The number of aromatic nitrogens is 3. The molecule has 4 rings (SSSR count). The lowest BCUT2D eigenvalue weighted by atomic mass is 10.2. The van der Waals surface area contributed by atoms with E-state index in [1.807, 2.05) is 0 Å². The first-order valence-corrected chi connectivity index (χ1v) is 9.29. The van der Waals surface area contributed by atoms with Crippen molar-refractivity contribution in [3.63, 3.8) is 0 Å². The van der Waals surface area contributed by atoms with Crippen molar-refractivity contribution in [2.45, 2.75) is 25.8 Å². The second kappa shape index (κ2) is 7.44. The highest BCUT2D eigenvalue weighted by atomic mass is 35.5. The maximum absolute atomic E-state index is 12.5. The van der Waals surface area contributed by atoms with Crippen LogP contribution < -0.4 is 10.6 Å². The molecule has 1 fully saturated rings. The summed E-state index contributed by atoms with van der Waals surface area (Å²) in [6.45, 7) is 1.77. The van der Waals surface area contributed by atoms with Crippen LogP contribution in [0, 0.1) is 6.92 Å². The Hall–Kier alpha value is -3.19. The third kappa shape index (κ3) is 4.04. The largest absolute Gasteiger partial charge is 0.349 e. The van der Waals surface area contributed by atoms with E-state index in [2.05, 4.69) is 20.7 Å². The van der Waals surface area contributed by atoms with Gasteiger partial charge in [0.25, 0.3) is 11.8 Å². The van der Waals surface area contributed by atoms with Crippen molar-refractivity contribution >= 4 is 29.1 Å². The van der Waals surface area contributed by atoms with E-state index in [0.29, 0.717) is 28.1 Å². The lowest BCUT2D eigenvalue weighted by molar-refractivity contribution is 0.0950. The van der Waals surface area contributed by atoms with Crippen molar-refractivity contribution in [1.29, 1.82) is 0 Å². The summed E-state index contributed by atoms with van der Waals surface area (Å²) in [5.41, 5.74) is 1.89. The van der Waals surface area contributed by atoms with Crippen molar-refractivity contribution in [2.24, 2.45) is 0 Å². The van der Waals surface area contributed by atoms with E-state index in [9.17, 15) is 9.59 Å². The van der Waals surface area contributed by atoms with Gasteiger partial charge < -0.3 is 10.6 Å². The van der Waals surface area contributed by atoms with Crippen LogP contribution in [0.1, 0.15) is 39.6 Å². The number of rotatable bonds is 5. The molecular weight excluding hydrogens is 378 g/mol. The average molecular weight is 396 g/mol. The van der Waals surface area contributed by atoms with Crippen LogP contribution in [0.3, 0.4) is 0 Å². The number of nitrogens with one attached hydrogen (secondary N) is 2. The minimum absolute atomic E-state index is 0.0583. The van der Waals surface area contributed by atoms with E-state index in [-0.39, 0.29) is 11.7 Å². The molecule has 1 saturated carbocycles. The van der Waals surface area contributed by atoms with Gasteiger partial charge in [-0.15, -0.1) is 5.10 Å². The second-order valence-electron chi connectivity index (χ2n) is 6.65. The van der Waals surface area contributed by atoms with Crippen molar-refractivity contribution in [1.82, 2.24) is 20.1 Å². The number of hydrogen-bond donors (Lipinski definition) is 2. The van der Waals surface area contributed by atoms with Crippen LogP contribution >= 0.6 is 11.6 Å². The Labute approximate surface area is 166 Å². The van der Waals surface area contributed by atoms with Gasteiger partial charge in [0.15, 0.2) is 0 Å². The van der Waals surface area contributed by atoms with E-state index in [4.69, 9.17) is 11.6 Å². The molecule has 3 aromatic rings. The lowest BCUT2D eigenvalue weighted by Gasteiger charge is -2.06. The van der Waals surface area contributed by atoms with Crippen molar-refractivity contribution in [3.8, 4) is 5.69 Å². The number of aryl methyl sites for hydroxylation is 1. The van der Waals surface area contributed by atoms with Crippen LogP contribution in [0.15, 0.2) is 48.5 Å². The predicted octanol–water partition coefficient (Wildman–Crippen LogP) is 3.37. The van der Waals surface area contributed by atoms with Gasteiger partial charge >= 0.3 is 0 Å². The first-order valence-electron chi connectivity index (χ1n) is 8.91. The Morgan fingerprint density at radius 1 is 1.04 bits per heavy atom. The fraction of sp³-hybridized carbons (Fsp3) is 0.200. The predicted molar refractivity (Wildman–Crippen MR) is 106 cm³/mol. The molecule has 1 heterocycles. The molecule has 8 heteroatoms. The van der Waals surface area contributed by atoms with Gasteiger partial charge in [-0.1, -0.05) is 11.6 Å². The highest BCUT2D eigenvalue weighted by molar-refractivity contribution is 6.30. The first-order chi connectivity index (χ1) is 13.5. The Morgan fingerprint density at radius 3 is 2.36 bits per heavy atom. The summed E-state index contributed by atoms with van der Waals surface area (Å²) in [5, 5.41) is 10.6. The third-order valence-corrected chi connectivity index (χ3v) is 4.61. The maximum Gasteiger partial charge on any atom is 0.295 e. The van der Waals surface area contributed by atoms with E-state index in [1.54, 1.807) is 60.1 Å². The number of carbonyl (C=O) groups is 2. The van der Waals surface area contributed by atoms with E-state index in [0.717, 1.165) is 18.5 Å². The SMILES string of the molecule is Cc1nc(C(=O)Nc2ccc(C(=O)NC3CC3)cc2)nn1-c1ccc(Cl)cc1. The van der Waals surface area contributed by atoms with Crippen molar-refractivity contribution < 1.29 is 9.59 Å². The molecule has 1 aliphatic carbocycles. The zero-order chi connectivity index (χ0) is 19.7. The fourth-order valence-corrected chi connectivity index (χ4v) is 2.83. The highest BCUT2D eigenvalue weighted by Gasteiger charge is 2.23. The third-order valence-electron chi connectivity index (χ3n) is 4.36. The number of halogens is 1. The molecule has 2 amide bonds. The van der Waals surface area contributed by atoms with E-state index in [1.165, 1.54) is 0 Å². The molecule has 2 N–H and O–H groups in total. The first kappa shape index (κ1) is 18.2. The van der Waals surface area contributed by atoms with Gasteiger partial charge in [-0.25, -0.2) is 9.67 Å². The van der Waals surface area contributed by atoms with Crippen molar-refractivity contribution in [3.05, 3.63) is 70.8 Å². The quantitative estimate of drug-likeness (QED) is 0.693. The minimum Gasteiger partial charge on any atom is -0.349 e. The Morgan fingerprint density at radius 2 is 1.71 bits per heavy atom. The standard InChI is InChI=1S/C20H18ClN5O2/c1-12-22-18(25-26(12)17-10-4-14(21)5-11-17)20(28)24-15-6-2-13(3-7-15)19(27)23-16-8-9-16/h2-7,10-11,16H,8-9H2,1H3,(H,23,27)(H,24,28). The van der Waals surface area contributed by atoms with Crippen LogP contribution in [0.2, 0.25) is 5.02 Å². The summed E-state index contributed by atoms with van der Waals surface area (Å²) in [5.74, 6) is 0.118. The summed E-state index contributed by atoms with van der Waals surface area (Å²) in [6, 6.07) is 14.1. The monoisotopic (exact) mass is 395 g/mol. The molecule has 0 atom stereocenters. The van der Waals surface area contributed by atoms with Gasteiger partial charge in [-0.2, -0.15) is 0 Å². The van der Waals surface area contributed by atoms with Gasteiger partial charge in [0.05, 0.1) is 5.69 Å². The van der Waals surface area contributed by atoms with Crippen LogP contribution in [0.5, 0.6) is 0 Å². The van der Waals surface area contributed by atoms with Crippen LogP contribution in [-0.2, 0) is 0 Å². The lowest BCUT2D eigenvalue weighted by Crippen LogP contribution is -2.25. The normalized spacial score (nSPS) is 13.2. The van der Waals surface area contributed by atoms with E-state index >= 15 is 0 Å². The topological polar surface area (TPSA) is 88.9 Å². The molecule has 0 aliphatic heterocycles. The summed E-state index contributed by atoms with van der Waals surface area (Å²) in [4.78, 5) is 28.7. The molecule has 142 valence electrons. The fourth-order valence-electron chi connectivity index (χ4n) is 2.70. The summed E-state index contributed by atoms with van der Waals surface area (Å²) < 4.78 is 1.58. The zero-order valence-electron chi connectivity index (χ0n) is 15.1. The number of hydrogen-bond acceptors (Lipinski definition) is 4. The van der Waals surface area contributed by atoms with Gasteiger partial charge in [-0.3, -0.25) is 9.59 Å². The zero-order valence-corrected chi connectivity index (χ0v) is 15.9. The minimum atomic E-state index is -0.425. The van der Waals surface area contributed by atoms with Gasteiger partial charge in [0.1, 0.15) is 5.82 Å². The Bertz CT molecular complexity index is 1020. The molecule has 7 nitrogen and oxygen atoms in total. The smallest absolute Gasteiger partial charge is 0.295 e. The summed E-state index contributed by atoms with van der Waals surface area (Å²) >= 11 is 5.91. The molecule has 0 saturated heterocycles. The molecule has 0 spiro atoms. The maximum atomic E-state index is 12.5. The molecular formula is C20H18ClN5O2. The molecule has 0 radical (unpaired) electrons. The highest BCUT2D eigenvalue weighted by Crippen LogP contribution is 2.20. The Kier molecular flexibility index (Phi) is 4.83. The van der Waals surface area contributed by atoms with Gasteiger partial charge in [0.2, 0.25) is 5.82 Å². The average Bonchev–Trinajstić information content (AvgIpc) is 3.42. The summed E-state index contributed by atoms with van der Waals surface area (Å²) in [7, 11) is 0. The summed E-state index contributed by atoms with van der Waals surface area (Å²) in [6.07, 6.45) is 2.07. The number of carbonyl (C=O) groups excluding carboxylic acids is 2. The molecule has 0 bridgehead atoms. The number of anilines is 1. The van der Waals surface area contributed by atoms with Gasteiger partial charge in [0, 0.05) is 22.3 Å². The van der Waals surface area contributed by atoms with Gasteiger partial charge in [-0.05, 0) is 68.3 Å². The molecule has 1 aromatic heterocycles. The van der Waals surface area contributed by atoms with Crippen LogP contribution in [-0.4, -0.2) is 32.6 Å². The van der Waals surface area contributed by atoms with E-state index < -0.39 is 5.91 Å². The Balaban J connectivity index is 1.45. The van der Waals surface area contributed by atoms with Crippen LogP contribution in [0.4, 0.5) is 5.69 Å². The number of nitrogens with zero attached hydrogens (tertiary/aromatic N) is 3. The second-order valence-corrected chi connectivity index (χ2v) is 7.09. The molecule has 2 aromatic carbocycles. The number of amides is 2. The molecule has 0 unspecified atom stereocenters. The molecule has 1 aliphatic rings. The molecule has 28 heavy (non-hydrogen) atoms.